The first-order chi connectivity index (χ1) is 8.74. The monoisotopic (exact) mass is 249 g/mol. The normalized spacial score (nSPS) is 24.3. The molecular formula is C14H23N3O. The highest BCUT2D eigenvalue weighted by Crippen LogP contribution is 2.33. The van der Waals surface area contributed by atoms with Crippen molar-refractivity contribution in [1.82, 2.24) is 14.5 Å². The number of hydrogen-bond acceptors (Lipinski definition) is 3. The predicted molar refractivity (Wildman–Crippen MR) is 70.1 cm³/mol. The van der Waals surface area contributed by atoms with Crippen molar-refractivity contribution in [3.8, 4) is 0 Å². The van der Waals surface area contributed by atoms with Crippen LogP contribution in [0.5, 0.6) is 0 Å². The molecule has 100 valence electrons. The van der Waals surface area contributed by atoms with Crippen LogP contribution in [-0.2, 0) is 7.05 Å². The number of aliphatic hydroxyl groups excluding tert-OH is 1. The molecule has 2 fully saturated rings. The Morgan fingerprint density at radius 3 is 2.61 bits per heavy atom. The summed E-state index contributed by atoms with van der Waals surface area (Å²) in [6, 6.07) is 0. The number of nitrogens with zero attached hydrogens (tertiary/aromatic N) is 3. The Morgan fingerprint density at radius 1 is 1.33 bits per heavy atom. The van der Waals surface area contributed by atoms with Gasteiger partial charge in [0.05, 0.1) is 0 Å². The van der Waals surface area contributed by atoms with Gasteiger partial charge in [0.15, 0.2) is 0 Å². The van der Waals surface area contributed by atoms with Gasteiger partial charge < -0.3 is 14.6 Å². The molecule has 1 atom stereocenters. The molecule has 1 aromatic rings. The minimum atomic E-state index is -0.395. The maximum atomic E-state index is 10.4. The van der Waals surface area contributed by atoms with Gasteiger partial charge in [-0.1, -0.05) is 0 Å². The minimum absolute atomic E-state index is 0.376. The van der Waals surface area contributed by atoms with Crippen molar-refractivity contribution >= 4 is 0 Å². The first-order valence-electron chi connectivity index (χ1n) is 7.11. The number of likely N-dealkylation sites (tertiary alicyclic amines) is 1. The van der Waals surface area contributed by atoms with Crippen molar-refractivity contribution in [2.75, 3.05) is 19.6 Å². The van der Waals surface area contributed by atoms with E-state index < -0.39 is 6.10 Å². The molecule has 2 aliphatic rings. The Morgan fingerprint density at radius 2 is 2.06 bits per heavy atom. The Kier molecular flexibility index (Phi) is 3.39. The Labute approximate surface area is 109 Å². The molecule has 4 nitrogen and oxygen atoms in total. The summed E-state index contributed by atoms with van der Waals surface area (Å²) >= 11 is 0. The largest absolute Gasteiger partial charge is 0.385 e. The Hall–Kier alpha value is -0.870. The standard InChI is InChI=1S/C14H23N3O/c1-16-9-6-15-14(16)13(18)12-4-7-17(8-5-12)10-11-2-3-11/h6,9,11-13,18H,2-5,7-8,10H2,1H3. The molecule has 1 saturated heterocycles. The van der Waals surface area contributed by atoms with Gasteiger partial charge in [-0.3, -0.25) is 0 Å². The fraction of sp³-hybridized carbons (Fsp3) is 0.786. The maximum Gasteiger partial charge on any atom is 0.137 e. The average molecular weight is 249 g/mol. The average Bonchev–Trinajstić information content (AvgIpc) is 3.09. The zero-order valence-corrected chi connectivity index (χ0v) is 11.1. The third-order valence-corrected chi connectivity index (χ3v) is 4.42. The SMILES string of the molecule is Cn1ccnc1C(O)C1CCN(CC2CC2)CC1. The summed E-state index contributed by atoms with van der Waals surface area (Å²) in [4.78, 5) is 6.84. The van der Waals surface area contributed by atoms with Crippen LogP contribution >= 0.6 is 0 Å². The van der Waals surface area contributed by atoms with E-state index in [1.54, 1.807) is 6.20 Å². The van der Waals surface area contributed by atoms with Crippen LogP contribution in [0.4, 0.5) is 0 Å². The molecule has 1 saturated carbocycles. The van der Waals surface area contributed by atoms with E-state index in [-0.39, 0.29) is 0 Å². The van der Waals surface area contributed by atoms with Gasteiger partial charge in [0.2, 0.25) is 0 Å². The minimum Gasteiger partial charge on any atom is -0.385 e. The van der Waals surface area contributed by atoms with Gasteiger partial charge in [-0.25, -0.2) is 4.98 Å². The zero-order valence-electron chi connectivity index (χ0n) is 11.1. The highest BCUT2D eigenvalue weighted by atomic mass is 16.3. The smallest absolute Gasteiger partial charge is 0.137 e. The molecule has 2 heterocycles. The molecule has 1 aromatic heterocycles. The highest BCUT2D eigenvalue weighted by molar-refractivity contribution is 4.98. The van der Waals surface area contributed by atoms with Gasteiger partial charge in [-0.15, -0.1) is 0 Å². The molecule has 0 aromatic carbocycles. The summed E-state index contributed by atoms with van der Waals surface area (Å²) in [5.74, 6) is 2.17. The first kappa shape index (κ1) is 12.2. The van der Waals surface area contributed by atoms with E-state index in [4.69, 9.17) is 0 Å². The van der Waals surface area contributed by atoms with Crippen molar-refractivity contribution < 1.29 is 5.11 Å². The number of rotatable bonds is 4. The van der Waals surface area contributed by atoms with Gasteiger partial charge in [0, 0.05) is 26.0 Å². The molecule has 3 rings (SSSR count). The van der Waals surface area contributed by atoms with Crippen molar-refractivity contribution in [3.05, 3.63) is 18.2 Å². The van der Waals surface area contributed by atoms with E-state index in [2.05, 4.69) is 9.88 Å². The second-order valence-electron chi connectivity index (χ2n) is 5.92. The lowest BCUT2D eigenvalue weighted by Gasteiger charge is -2.34. The molecule has 1 unspecified atom stereocenters. The summed E-state index contributed by atoms with van der Waals surface area (Å²) in [6.07, 6.45) is 8.32. The zero-order chi connectivity index (χ0) is 12.5. The van der Waals surface area contributed by atoms with Crippen molar-refractivity contribution in [2.24, 2.45) is 18.9 Å². The number of aliphatic hydroxyl groups is 1. The van der Waals surface area contributed by atoms with Crippen LogP contribution in [0.25, 0.3) is 0 Å². The first-order valence-corrected chi connectivity index (χ1v) is 7.11. The molecule has 0 bridgehead atoms. The second kappa shape index (κ2) is 5.02. The van der Waals surface area contributed by atoms with E-state index in [0.717, 1.165) is 37.7 Å². The highest BCUT2D eigenvalue weighted by Gasteiger charge is 2.31. The number of imidazole rings is 1. The second-order valence-corrected chi connectivity index (χ2v) is 5.92. The Bertz CT molecular complexity index is 391. The van der Waals surface area contributed by atoms with Gasteiger partial charge in [-0.2, -0.15) is 0 Å². The third kappa shape index (κ3) is 2.59. The summed E-state index contributed by atoms with van der Waals surface area (Å²) in [5, 5.41) is 10.4. The van der Waals surface area contributed by atoms with Crippen molar-refractivity contribution in [2.45, 2.75) is 31.8 Å². The summed E-state index contributed by atoms with van der Waals surface area (Å²) in [7, 11) is 1.95. The quantitative estimate of drug-likeness (QED) is 0.881. The van der Waals surface area contributed by atoms with Crippen LogP contribution in [0.3, 0.4) is 0 Å². The summed E-state index contributed by atoms with van der Waals surface area (Å²) in [5.41, 5.74) is 0. The fourth-order valence-electron chi connectivity index (χ4n) is 2.99. The molecule has 0 spiro atoms. The number of hydrogen-bond donors (Lipinski definition) is 1. The lowest BCUT2D eigenvalue weighted by Crippen LogP contribution is -2.37. The number of aryl methyl sites for hydroxylation is 1. The van der Waals surface area contributed by atoms with Gasteiger partial charge >= 0.3 is 0 Å². The van der Waals surface area contributed by atoms with Crippen LogP contribution in [0, 0.1) is 11.8 Å². The predicted octanol–water partition coefficient (Wildman–Crippen LogP) is 1.58. The fourth-order valence-corrected chi connectivity index (χ4v) is 2.99. The Balaban J connectivity index is 1.53. The van der Waals surface area contributed by atoms with Crippen molar-refractivity contribution in [3.63, 3.8) is 0 Å². The third-order valence-electron chi connectivity index (χ3n) is 4.42. The lowest BCUT2D eigenvalue weighted by molar-refractivity contribution is 0.0500. The molecule has 0 radical (unpaired) electrons. The van der Waals surface area contributed by atoms with Gasteiger partial charge in [-0.05, 0) is 50.6 Å². The molecular weight excluding hydrogens is 226 g/mol. The van der Waals surface area contributed by atoms with E-state index in [9.17, 15) is 5.11 Å². The van der Waals surface area contributed by atoms with E-state index in [1.807, 2.05) is 17.8 Å². The van der Waals surface area contributed by atoms with Gasteiger partial charge in [0.1, 0.15) is 11.9 Å². The van der Waals surface area contributed by atoms with Gasteiger partial charge in [0.25, 0.3) is 0 Å². The van der Waals surface area contributed by atoms with Crippen LogP contribution in [0.15, 0.2) is 12.4 Å². The number of piperidine rings is 1. The topological polar surface area (TPSA) is 41.3 Å². The van der Waals surface area contributed by atoms with Crippen LogP contribution in [0.1, 0.15) is 37.6 Å². The van der Waals surface area contributed by atoms with E-state index in [0.29, 0.717) is 5.92 Å². The summed E-state index contributed by atoms with van der Waals surface area (Å²) in [6.45, 7) is 3.57. The molecule has 1 N–H and O–H groups in total. The molecule has 1 aliphatic carbocycles. The molecule has 18 heavy (non-hydrogen) atoms. The lowest BCUT2D eigenvalue weighted by atomic mass is 9.90. The molecule has 0 amide bonds. The van der Waals surface area contributed by atoms with Crippen LogP contribution in [-0.4, -0.2) is 39.2 Å². The van der Waals surface area contributed by atoms with E-state index >= 15 is 0 Å². The van der Waals surface area contributed by atoms with E-state index in [1.165, 1.54) is 19.4 Å². The van der Waals surface area contributed by atoms with Crippen molar-refractivity contribution in [1.29, 1.82) is 0 Å². The summed E-state index contributed by atoms with van der Waals surface area (Å²) < 4.78 is 1.93. The molecule has 4 heteroatoms. The van der Waals surface area contributed by atoms with Crippen LogP contribution < -0.4 is 0 Å². The molecule has 1 aliphatic heterocycles. The number of aromatic nitrogens is 2. The van der Waals surface area contributed by atoms with Crippen LogP contribution in [0.2, 0.25) is 0 Å². The maximum absolute atomic E-state index is 10.4.